The van der Waals surface area contributed by atoms with Gasteiger partial charge in [-0.3, -0.25) is 14.3 Å². The molecule has 4 N–H and O–H groups in total. The first-order valence-electron chi connectivity index (χ1n) is 15.2. The van der Waals surface area contributed by atoms with Gasteiger partial charge in [-0.2, -0.15) is 0 Å². The highest BCUT2D eigenvalue weighted by molar-refractivity contribution is 9.10. The smallest absolute Gasteiger partial charge is 0.408 e. The molecule has 4 aromatic rings. The lowest BCUT2D eigenvalue weighted by molar-refractivity contribution is -0.138. The molecule has 0 saturated carbocycles. The number of hydrogen-bond acceptors (Lipinski definition) is 6. The quantitative estimate of drug-likeness (QED) is 0.150. The fourth-order valence-electron chi connectivity index (χ4n) is 5.54. The summed E-state index contributed by atoms with van der Waals surface area (Å²) in [5, 5.41) is 6.05. The Morgan fingerprint density at radius 3 is 2.21 bits per heavy atom. The number of aromatic nitrogens is 2. The molecule has 47 heavy (non-hydrogen) atoms. The van der Waals surface area contributed by atoms with Crippen molar-refractivity contribution in [1.82, 2.24) is 20.0 Å². The average molecular weight is 709 g/mol. The van der Waals surface area contributed by atoms with Crippen molar-refractivity contribution < 1.29 is 28.6 Å². The largest absolute Gasteiger partial charge is 0.493 e. The number of benzene rings is 3. The first-order chi connectivity index (χ1) is 22.3. The van der Waals surface area contributed by atoms with Crippen LogP contribution in [0, 0.1) is 13.8 Å². The number of aromatic amines is 1. The van der Waals surface area contributed by atoms with Gasteiger partial charge in [-0.05, 0) is 93.3 Å². The molecule has 1 heterocycles. The Bertz CT molecular complexity index is 1720. The fraction of sp³-hybridized carbons (Fsp3) is 0.343. The van der Waals surface area contributed by atoms with Gasteiger partial charge in [0.15, 0.2) is 11.5 Å². The summed E-state index contributed by atoms with van der Waals surface area (Å²) in [6.45, 7) is 9.28. The van der Waals surface area contributed by atoms with Crippen LogP contribution < -0.4 is 20.5 Å². The van der Waals surface area contributed by atoms with Crippen molar-refractivity contribution in [2.24, 2.45) is 5.73 Å². The van der Waals surface area contributed by atoms with Crippen molar-refractivity contribution >= 4 is 33.8 Å². The number of rotatable bonds is 13. The van der Waals surface area contributed by atoms with Gasteiger partial charge in [0, 0.05) is 34.8 Å². The molecule has 11 nitrogen and oxygen atoms in total. The molecule has 2 atom stereocenters. The third-order valence-corrected chi connectivity index (χ3v) is 8.44. The number of amides is 3. The number of nitrogens with zero attached hydrogens (tertiary/aromatic N) is 2. The maximum atomic E-state index is 14.8. The van der Waals surface area contributed by atoms with E-state index in [4.69, 9.17) is 19.9 Å². The summed E-state index contributed by atoms with van der Waals surface area (Å²) in [7, 11) is 3.12. The molecule has 0 aliphatic rings. The van der Waals surface area contributed by atoms with Crippen LogP contribution in [0.5, 0.6) is 11.5 Å². The number of nitrogens with one attached hydrogen (secondary N) is 2. The summed E-state index contributed by atoms with van der Waals surface area (Å²) in [4.78, 5) is 41.4. The lowest BCUT2D eigenvalue weighted by Crippen LogP contribution is -2.51. The third kappa shape index (κ3) is 8.37. The highest BCUT2D eigenvalue weighted by Crippen LogP contribution is 2.32. The Labute approximate surface area is 283 Å². The van der Waals surface area contributed by atoms with Crippen molar-refractivity contribution in [2.75, 3.05) is 14.2 Å². The number of carbonyl (C=O) groups excluding carboxylic acids is 3. The predicted octanol–water partition coefficient (Wildman–Crippen LogP) is 6.27. The van der Waals surface area contributed by atoms with Gasteiger partial charge in [0.2, 0.25) is 11.8 Å². The monoisotopic (exact) mass is 707 g/mol. The zero-order valence-corrected chi connectivity index (χ0v) is 29.3. The molecular weight excluding hydrogens is 666 g/mol. The van der Waals surface area contributed by atoms with Crippen LogP contribution in [-0.2, 0) is 22.5 Å². The number of nitrogens with two attached hydrogens (primary N) is 1. The lowest BCUT2D eigenvalue weighted by atomic mass is 9.93. The van der Waals surface area contributed by atoms with Gasteiger partial charge in [0.25, 0.3) is 0 Å². The zero-order valence-electron chi connectivity index (χ0n) is 27.7. The molecule has 0 radical (unpaired) electrons. The molecule has 0 fully saturated rings. The van der Waals surface area contributed by atoms with Crippen LogP contribution in [0.2, 0.25) is 0 Å². The number of ether oxygens (including phenoxy) is 3. The van der Waals surface area contributed by atoms with Gasteiger partial charge in [0.05, 0.1) is 26.0 Å². The van der Waals surface area contributed by atoms with Gasteiger partial charge < -0.3 is 35.3 Å². The Kier molecular flexibility index (Phi) is 11.4. The summed E-state index contributed by atoms with van der Waals surface area (Å²) < 4.78 is 19.2. The van der Waals surface area contributed by atoms with Gasteiger partial charge in [-0.15, -0.1) is 0 Å². The minimum absolute atomic E-state index is 0.152. The van der Waals surface area contributed by atoms with Crippen molar-refractivity contribution in [3.05, 3.63) is 93.1 Å². The Morgan fingerprint density at radius 1 is 0.979 bits per heavy atom. The Balaban J connectivity index is 1.79. The Morgan fingerprint density at radius 2 is 1.66 bits per heavy atom. The minimum Gasteiger partial charge on any atom is -0.493 e. The van der Waals surface area contributed by atoms with E-state index in [-0.39, 0.29) is 18.9 Å². The van der Waals surface area contributed by atoms with Crippen molar-refractivity contribution in [3.8, 4) is 22.8 Å². The number of H-pyrrole nitrogens is 1. The van der Waals surface area contributed by atoms with Crippen LogP contribution in [0.15, 0.2) is 65.3 Å². The maximum Gasteiger partial charge on any atom is 0.408 e. The summed E-state index contributed by atoms with van der Waals surface area (Å²) >= 11 is 3.55. The highest BCUT2D eigenvalue weighted by Gasteiger charge is 2.33. The highest BCUT2D eigenvalue weighted by atomic mass is 79.9. The van der Waals surface area contributed by atoms with Crippen LogP contribution >= 0.6 is 15.9 Å². The second kappa shape index (κ2) is 15.3. The molecule has 4 rings (SSSR count). The van der Waals surface area contributed by atoms with E-state index in [9.17, 15) is 14.4 Å². The molecule has 3 aromatic carbocycles. The number of aryl methyl sites for hydroxylation is 2. The molecule has 0 spiro atoms. The average Bonchev–Trinajstić information content (AvgIpc) is 2.99. The van der Waals surface area contributed by atoms with E-state index in [2.05, 4.69) is 26.3 Å². The third-order valence-electron chi connectivity index (χ3n) is 7.95. The number of methoxy groups -OCH3 is 2. The van der Waals surface area contributed by atoms with E-state index in [1.54, 1.807) is 51.2 Å². The SMILES string of the molecule is COc1ccc(CN(C(=O)C(Cc2c(C)cc(C(N)=O)cc2C)NC(=O)OC(C)C)C(C)n2[nH]cc2-c2cccc(Br)c2)cc1OC. The number of hydrogen-bond donors (Lipinski definition) is 3. The van der Waals surface area contributed by atoms with Crippen LogP contribution in [0.4, 0.5) is 4.79 Å². The van der Waals surface area contributed by atoms with Crippen LogP contribution in [0.3, 0.4) is 0 Å². The van der Waals surface area contributed by atoms with E-state index in [1.807, 2.05) is 68.0 Å². The molecule has 0 bridgehead atoms. The molecule has 250 valence electrons. The summed E-state index contributed by atoms with van der Waals surface area (Å²) in [6.07, 6.45) is 0.408. The van der Waals surface area contributed by atoms with E-state index >= 15 is 0 Å². The molecule has 3 amide bonds. The summed E-state index contributed by atoms with van der Waals surface area (Å²) in [6, 6.07) is 15.8. The van der Waals surface area contributed by atoms with Crippen LogP contribution in [0.1, 0.15) is 59.5 Å². The fourth-order valence-corrected chi connectivity index (χ4v) is 5.94. The van der Waals surface area contributed by atoms with Crippen LogP contribution in [-0.4, -0.2) is 59.0 Å². The number of carbonyl (C=O) groups is 3. The van der Waals surface area contributed by atoms with E-state index in [1.165, 1.54) is 0 Å². The molecular formula is C35H42BrN5O6. The molecule has 0 aliphatic carbocycles. The standard InChI is InChI=1S/C35H42BrN5O6/c1-20(2)47-35(44)39-29(17-28-21(3)13-26(33(37)42)14-22(28)4)34(43)40(19-24-11-12-31(45-6)32(15-24)46-7)23(5)41-30(18-38-41)25-9-8-10-27(36)16-25/h8-16,18,20,23,29,38H,17,19H2,1-7H3,(H2,37,42)(H,39,44). The van der Waals surface area contributed by atoms with E-state index in [0.29, 0.717) is 17.1 Å². The maximum absolute atomic E-state index is 14.8. The minimum atomic E-state index is -1.01. The van der Waals surface area contributed by atoms with Crippen LogP contribution in [0.25, 0.3) is 11.3 Å². The first kappa shape index (κ1) is 35.1. The second-order valence-corrected chi connectivity index (χ2v) is 12.6. The molecule has 0 aliphatic heterocycles. The Hall–Kier alpha value is -4.71. The zero-order chi connectivity index (χ0) is 34.4. The van der Waals surface area contributed by atoms with Crippen molar-refractivity contribution in [1.29, 1.82) is 0 Å². The molecule has 2 unspecified atom stereocenters. The van der Waals surface area contributed by atoms with E-state index < -0.39 is 30.3 Å². The van der Waals surface area contributed by atoms with Gasteiger partial charge in [-0.25, -0.2) is 4.79 Å². The van der Waals surface area contributed by atoms with Crippen molar-refractivity contribution in [3.63, 3.8) is 0 Å². The van der Waals surface area contributed by atoms with Gasteiger partial charge in [-0.1, -0.05) is 34.1 Å². The lowest BCUT2D eigenvalue weighted by Gasteiger charge is -2.36. The first-order valence-corrected chi connectivity index (χ1v) is 16.0. The number of alkyl carbamates (subject to hydrolysis) is 1. The summed E-state index contributed by atoms with van der Waals surface area (Å²) in [5.74, 6) is 0.207. The van der Waals surface area contributed by atoms with E-state index in [0.717, 1.165) is 38.0 Å². The van der Waals surface area contributed by atoms with Gasteiger partial charge >= 0.3 is 6.09 Å². The summed E-state index contributed by atoms with van der Waals surface area (Å²) in [5.41, 5.74) is 10.9. The predicted molar refractivity (Wildman–Crippen MR) is 183 cm³/mol. The normalized spacial score (nSPS) is 12.4. The molecule has 1 aromatic heterocycles. The number of halogens is 1. The molecule has 12 heteroatoms. The van der Waals surface area contributed by atoms with Gasteiger partial charge in [0.1, 0.15) is 12.2 Å². The van der Waals surface area contributed by atoms with Crippen molar-refractivity contribution in [2.45, 2.75) is 65.9 Å². The number of primary amides is 1. The molecule has 0 saturated heterocycles. The second-order valence-electron chi connectivity index (χ2n) is 11.6. The topological polar surface area (TPSA) is 141 Å².